The quantitative estimate of drug-likeness (QED) is 0.361. The summed E-state index contributed by atoms with van der Waals surface area (Å²) in [5.41, 5.74) is 1.12. The Balaban J connectivity index is 0.00000280. The number of guanidine groups is 1. The first kappa shape index (κ1) is 22.4. The van der Waals surface area contributed by atoms with Gasteiger partial charge in [0.05, 0.1) is 25.6 Å². The van der Waals surface area contributed by atoms with E-state index in [1.807, 2.05) is 25.1 Å². The van der Waals surface area contributed by atoms with E-state index in [2.05, 4.69) is 26.2 Å². The van der Waals surface area contributed by atoms with Crippen molar-refractivity contribution in [2.75, 3.05) is 51.3 Å². The monoisotopic (exact) mass is 500 g/mol. The number of nitrogens with one attached hydrogen (secondary N) is 1. The molecule has 1 atom stereocenters. The molecule has 2 aromatic rings. The van der Waals surface area contributed by atoms with Crippen LogP contribution >= 0.6 is 24.0 Å². The summed E-state index contributed by atoms with van der Waals surface area (Å²) in [5, 5.41) is 13.5. The summed E-state index contributed by atoms with van der Waals surface area (Å²) in [6.45, 7) is 6.55. The first-order valence-corrected chi connectivity index (χ1v) is 9.35. The average molecular weight is 500 g/mol. The fourth-order valence-corrected chi connectivity index (χ4v) is 3.22. The lowest BCUT2D eigenvalue weighted by atomic mass is 10.2. The lowest BCUT2D eigenvalue weighted by Crippen LogP contribution is -2.52. The van der Waals surface area contributed by atoms with Gasteiger partial charge in [-0.15, -0.1) is 24.0 Å². The van der Waals surface area contributed by atoms with Crippen molar-refractivity contribution >= 4 is 35.6 Å². The molecule has 0 aliphatic carbocycles. The molecule has 28 heavy (non-hydrogen) atoms. The zero-order valence-electron chi connectivity index (χ0n) is 16.4. The van der Waals surface area contributed by atoms with Gasteiger partial charge in [-0.25, -0.2) is 4.99 Å². The van der Waals surface area contributed by atoms with Crippen LogP contribution in [0.1, 0.15) is 18.8 Å². The second-order valence-electron chi connectivity index (χ2n) is 6.37. The molecule has 2 heterocycles. The summed E-state index contributed by atoms with van der Waals surface area (Å²) in [4.78, 5) is 9.16. The van der Waals surface area contributed by atoms with Gasteiger partial charge in [0.2, 0.25) is 0 Å². The summed E-state index contributed by atoms with van der Waals surface area (Å²) in [6.07, 6.45) is 0.827. The number of halogens is 1. The molecule has 1 aromatic carbocycles. The van der Waals surface area contributed by atoms with Crippen LogP contribution in [0, 0.1) is 0 Å². The van der Waals surface area contributed by atoms with Crippen LogP contribution in [0.2, 0.25) is 0 Å². The van der Waals surface area contributed by atoms with Crippen LogP contribution in [0.15, 0.2) is 52.1 Å². The fraction of sp³-hybridized carbons (Fsp3) is 0.450. The van der Waals surface area contributed by atoms with E-state index in [0.717, 1.165) is 50.1 Å². The number of aliphatic imine (C=N–C) groups is 1. The number of aliphatic hydroxyl groups is 1. The summed E-state index contributed by atoms with van der Waals surface area (Å²) < 4.78 is 10.7. The molecule has 1 aliphatic rings. The number of benzene rings is 1. The number of piperazine rings is 1. The minimum atomic E-state index is -0.733. The predicted molar refractivity (Wildman–Crippen MR) is 122 cm³/mol. The second-order valence-corrected chi connectivity index (χ2v) is 6.37. The number of methoxy groups -OCH3 is 1. The topological polar surface area (TPSA) is 73.5 Å². The SMILES string of the molecule is CCNC(=NCC(O)c1ccco1)N1CCN(c2ccccc2OC)CC1.I. The highest BCUT2D eigenvalue weighted by Gasteiger charge is 2.22. The van der Waals surface area contributed by atoms with Crippen molar-refractivity contribution in [3.05, 3.63) is 48.4 Å². The zero-order valence-corrected chi connectivity index (χ0v) is 18.7. The molecule has 8 heteroatoms. The molecule has 2 N–H and O–H groups in total. The van der Waals surface area contributed by atoms with Crippen LogP contribution in [-0.2, 0) is 0 Å². The van der Waals surface area contributed by atoms with Crippen molar-refractivity contribution in [1.82, 2.24) is 10.2 Å². The maximum atomic E-state index is 10.2. The predicted octanol–water partition coefficient (Wildman–Crippen LogP) is 2.73. The third-order valence-electron chi connectivity index (χ3n) is 4.63. The Labute approximate surface area is 183 Å². The standard InChI is InChI=1S/C20H28N4O3.HI/c1-3-21-20(22-15-17(25)19-9-6-14-27-19)24-12-10-23(11-13-24)16-7-4-5-8-18(16)26-2;/h4-9,14,17,25H,3,10-13,15H2,1-2H3,(H,21,22);1H. The van der Waals surface area contributed by atoms with E-state index in [4.69, 9.17) is 9.15 Å². The molecule has 0 bridgehead atoms. The van der Waals surface area contributed by atoms with Crippen LogP contribution in [0.25, 0.3) is 0 Å². The summed E-state index contributed by atoms with van der Waals surface area (Å²) >= 11 is 0. The number of nitrogens with zero attached hydrogens (tertiary/aromatic N) is 3. The molecule has 3 rings (SSSR count). The van der Waals surface area contributed by atoms with Gasteiger partial charge in [0.25, 0.3) is 0 Å². The smallest absolute Gasteiger partial charge is 0.194 e. The van der Waals surface area contributed by atoms with E-state index in [0.29, 0.717) is 5.76 Å². The van der Waals surface area contributed by atoms with Crippen LogP contribution in [0.4, 0.5) is 5.69 Å². The number of para-hydroxylation sites is 2. The Hall–Kier alpha value is -1.94. The molecule has 1 fully saturated rings. The Morgan fingerprint density at radius 3 is 2.61 bits per heavy atom. The number of furan rings is 1. The van der Waals surface area contributed by atoms with E-state index in [1.165, 1.54) is 0 Å². The first-order valence-electron chi connectivity index (χ1n) is 9.35. The Bertz CT molecular complexity index is 731. The Kier molecular flexibility index (Phi) is 8.91. The molecule has 1 aliphatic heterocycles. The van der Waals surface area contributed by atoms with E-state index in [1.54, 1.807) is 25.5 Å². The highest BCUT2D eigenvalue weighted by molar-refractivity contribution is 14.0. The van der Waals surface area contributed by atoms with Crippen LogP contribution < -0.4 is 15.0 Å². The number of ether oxygens (including phenoxy) is 1. The van der Waals surface area contributed by atoms with Gasteiger partial charge in [-0.2, -0.15) is 0 Å². The molecular weight excluding hydrogens is 471 g/mol. The molecular formula is C20H29IN4O3. The van der Waals surface area contributed by atoms with Gasteiger partial charge in [-0.05, 0) is 31.2 Å². The van der Waals surface area contributed by atoms with Gasteiger partial charge >= 0.3 is 0 Å². The molecule has 0 amide bonds. The Morgan fingerprint density at radius 2 is 1.96 bits per heavy atom. The fourth-order valence-electron chi connectivity index (χ4n) is 3.22. The first-order chi connectivity index (χ1) is 13.2. The van der Waals surface area contributed by atoms with Crippen molar-refractivity contribution in [3.8, 4) is 5.75 Å². The molecule has 0 spiro atoms. The molecule has 1 unspecified atom stereocenters. The number of hydrogen-bond donors (Lipinski definition) is 2. The maximum Gasteiger partial charge on any atom is 0.194 e. The van der Waals surface area contributed by atoms with Gasteiger partial charge in [0.15, 0.2) is 5.96 Å². The minimum absolute atomic E-state index is 0. The third-order valence-corrected chi connectivity index (χ3v) is 4.63. The number of anilines is 1. The lowest BCUT2D eigenvalue weighted by Gasteiger charge is -2.38. The number of rotatable bonds is 6. The van der Waals surface area contributed by atoms with Crippen molar-refractivity contribution in [2.24, 2.45) is 4.99 Å². The largest absolute Gasteiger partial charge is 0.495 e. The van der Waals surface area contributed by atoms with Gasteiger partial charge in [0.1, 0.15) is 17.6 Å². The summed E-state index contributed by atoms with van der Waals surface area (Å²) in [7, 11) is 1.70. The van der Waals surface area contributed by atoms with E-state index in [-0.39, 0.29) is 30.5 Å². The van der Waals surface area contributed by atoms with E-state index >= 15 is 0 Å². The van der Waals surface area contributed by atoms with Crippen LogP contribution in [-0.4, -0.2) is 62.3 Å². The number of hydrogen-bond acceptors (Lipinski definition) is 5. The molecule has 7 nitrogen and oxygen atoms in total. The summed E-state index contributed by atoms with van der Waals surface area (Å²) in [5.74, 6) is 2.26. The highest BCUT2D eigenvalue weighted by Crippen LogP contribution is 2.28. The molecule has 154 valence electrons. The van der Waals surface area contributed by atoms with Crippen LogP contribution in [0.3, 0.4) is 0 Å². The summed E-state index contributed by atoms with van der Waals surface area (Å²) in [6, 6.07) is 11.6. The lowest BCUT2D eigenvalue weighted by molar-refractivity contribution is 0.158. The highest BCUT2D eigenvalue weighted by atomic mass is 127. The van der Waals surface area contributed by atoms with Crippen molar-refractivity contribution in [1.29, 1.82) is 0 Å². The molecule has 0 saturated carbocycles. The van der Waals surface area contributed by atoms with Crippen molar-refractivity contribution in [2.45, 2.75) is 13.0 Å². The van der Waals surface area contributed by atoms with E-state index < -0.39 is 6.10 Å². The zero-order chi connectivity index (χ0) is 19.1. The Morgan fingerprint density at radius 1 is 1.21 bits per heavy atom. The minimum Gasteiger partial charge on any atom is -0.495 e. The average Bonchev–Trinajstić information content (AvgIpc) is 3.26. The molecule has 1 saturated heterocycles. The van der Waals surface area contributed by atoms with Gasteiger partial charge in [-0.1, -0.05) is 12.1 Å². The van der Waals surface area contributed by atoms with Gasteiger partial charge in [0, 0.05) is 32.7 Å². The second kappa shape index (κ2) is 11.2. The van der Waals surface area contributed by atoms with Crippen molar-refractivity contribution < 1.29 is 14.3 Å². The van der Waals surface area contributed by atoms with Gasteiger partial charge in [-0.3, -0.25) is 0 Å². The van der Waals surface area contributed by atoms with E-state index in [9.17, 15) is 5.11 Å². The third kappa shape index (κ3) is 5.54. The van der Waals surface area contributed by atoms with Gasteiger partial charge < -0.3 is 29.4 Å². The van der Waals surface area contributed by atoms with Crippen LogP contribution in [0.5, 0.6) is 5.75 Å². The number of aliphatic hydroxyl groups excluding tert-OH is 1. The maximum absolute atomic E-state index is 10.2. The van der Waals surface area contributed by atoms with Crippen molar-refractivity contribution in [3.63, 3.8) is 0 Å². The normalized spacial score (nSPS) is 15.8. The molecule has 0 radical (unpaired) electrons. The molecule has 1 aromatic heterocycles.